The minimum Gasteiger partial charge on any atom is -0.493 e. The van der Waals surface area contributed by atoms with Crippen molar-refractivity contribution < 1.29 is 9.47 Å². The Labute approximate surface area is 164 Å². The molecule has 5 nitrogen and oxygen atoms in total. The van der Waals surface area contributed by atoms with Crippen LogP contribution in [0.5, 0.6) is 11.5 Å². The third-order valence-electron chi connectivity index (χ3n) is 5.28. The number of thiocarbonyl (C=S) groups is 1. The highest BCUT2D eigenvalue weighted by Gasteiger charge is 2.27. The molecule has 1 aliphatic carbocycles. The minimum absolute atomic E-state index is 0.164. The van der Waals surface area contributed by atoms with E-state index in [0.29, 0.717) is 6.54 Å². The zero-order valence-corrected chi connectivity index (χ0v) is 16.1. The number of nitroso groups, excluding NO2 is 1. The maximum atomic E-state index is 10.6. The van der Waals surface area contributed by atoms with E-state index in [4.69, 9.17) is 21.7 Å². The molecule has 1 aliphatic heterocycles. The summed E-state index contributed by atoms with van der Waals surface area (Å²) >= 11 is 5.71. The lowest BCUT2D eigenvalue weighted by Gasteiger charge is -2.22. The molecule has 1 saturated carbocycles. The Morgan fingerprint density at radius 1 is 1.15 bits per heavy atom. The molecular formula is C21H22N2O3S. The molecule has 2 aromatic carbocycles. The maximum Gasteiger partial charge on any atom is 0.163 e. The molecule has 0 radical (unpaired) electrons. The number of ether oxygens (including phenoxy) is 2. The molecule has 0 saturated heterocycles. The largest absolute Gasteiger partial charge is 0.493 e. The van der Waals surface area contributed by atoms with Crippen molar-refractivity contribution in [1.82, 2.24) is 0 Å². The molecule has 4 rings (SSSR count). The van der Waals surface area contributed by atoms with E-state index in [1.807, 2.05) is 36.4 Å². The predicted molar refractivity (Wildman–Crippen MR) is 110 cm³/mol. The Kier molecular flexibility index (Phi) is 5.07. The SMILES string of the molecule is COc1ccc(N2Cc3ccc(CN=O)cc3C2=S)cc1OC1CCCC1. The van der Waals surface area contributed by atoms with Crippen molar-refractivity contribution in [2.75, 3.05) is 12.0 Å². The number of methoxy groups -OCH3 is 1. The quantitative estimate of drug-likeness (QED) is 0.521. The van der Waals surface area contributed by atoms with Crippen LogP contribution in [-0.2, 0) is 13.1 Å². The second-order valence-corrected chi connectivity index (χ2v) is 7.42. The van der Waals surface area contributed by atoms with Crippen LogP contribution < -0.4 is 14.4 Å². The molecule has 6 heteroatoms. The summed E-state index contributed by atoms with van der Waals surface area (Å²) in [6.07, 6.45) is 4.88. The van der Waals surface area contributed by atoms with Crippen molar-refractivity contribution in [2.24, 2.45) is 5.18 Å². The van der Waals surface area contributed by atoms with Gasteiger partial charge in [0.2, 0.25) is 0 Å². The highest BCUT2D eigenvalue weighted by molar-refractivity contribution is 7.81. The smallest absolute Gasteiger partial charge is 0.163 e. The van der Waals surface area contributed by atoms with Gasteiger partial charge in [0, 0.05) is 23.9 Å². The second kappa shape index (κ2) is 7.64. The Bertz CT molecular complexity index is 878. The number of rotatable bonds is 6. The fraction of sp³-hybridized carbons (Fsp3) is 0.381. The van der Waals surface area contributed by atoms with Crippen molar-refractivity contribution in [3.05, 3.63) is 58.0 Å². The van der Waals surface area contributed by atoms with Crippen LogP contribution in [0.2, 0.25) is 0 Å². The van der Waals surface area contributed by atoms with Crippen LogP contribution in [0.3, 0.4) is 0 Å². The van der Waals surface area contributed by atoms with Crippen LogP contribution >= 0.6 is 12.2 Å². The number of hydrogen-bond donors (Lipinski definition) is 0. The number of anilines is 1. The summed E-state index contributed by atoms with van der Waals surface area (Å²) in [5.74, 6) is 1.51. The molecule has 0 atom stereocenters. The van der Waals surface area contributed by atoms with Crippen molar-refractivity contribution in [1.29, 1.82) is 0 Å². The lowest BCUT2D eigenvalue weighted by atomic mass is 10.1. The molecular weight excluding hydrogens is 360 g/mol. The molecule has 0 amide bonds. The number of benzene rings is 2. The van der Waals surface area contributed by atoms with Gasteiger partial charge in [0.25, 0.3) is 0 Å². The van der Waals surface area contributed by atoms with Crippen molar-refractivity contribution >= 4 is 22.9 Å². The summed E-state index contributed by atoms with van der Waals surface area (Å²) in [7, 11) is 1.66. The van der Waals surface area contributed by atoms with E-state index in [9.17, 15) is 4.91 Å². The van der Waals surface area contributed by atoms with Gasteiger partial charge in [0.15, 0.2) is 11.5 Å². The molecule has 1 heterocycles. The molecule has 2 aliphatic rings. The van der Waals surface area contributed by atoms with E-state index >= 15 is 0 Å². The zero-order chi connectivity index (χ0) is 18.8. The Morgan fingerprint density at radius 3 is 2.70 bits per heavy atom. The van der Waals surface area contributed by atoms with Gasteiger partial charge in [-0.1, -0.05) is 29.5 Å². The molecule has 0 N–H and O–H groups in total. The number of fused-ring (bicyclic) bond motifs is 1. The topological polar surface area (TPSA) is 51.1 Å². The normalized spacial score (nSPS) is 16.5. The van der Waals surface area contributed by atoms with Gasteiger partial charge in [-0.2, -0.15) is 4.91 Å². The van der Waals surface area contributed by atoms with Gasteiger partial charge in [0.05, 0.1) is 13.2 Å². The number of nitrogens with zero attached hydrogens (tertiary/aromatic N) is 2. The molecule has 0 bridgehead atoms. The molecule has 140 valence electrons. The molecule has 27 heavy (non-hydrogen) atoms. The molecule has 0 unspecified atom stereocenters. The first-order chi connectivity index (χ1) is 13.2. The summed E-state index contributed by atoms with van der Waals surface area (Å²) in [4.78, 5) is 13.4. The summed E-state index contributed by atoms with van der Waals surface area (Å²) in [5.41, 5.74) is 4.02. The average Bonchev–Trinajstić information content (AvgIpc) is 3.30. The van der Waals surface area contributed by atoms with Crippen molar-refractivity contribution in [3.63, 3.8) is 0 Å². The number of hydrogen-bond acceptors (Lipinski definition) is 5. The van der Waals surface area contributed by atoms with Crippen molar-refractivity contribution in [2.45, 2.75) is 44.9 Å². The van der Waals surface area contributed by atoms with E-state index in [1.54, 1.807) is 7.11 Å². The minimum atomic E-state index is 0.164. The van der Waals surface area contributed by atoms with Crippen LogP contribution in [0.15, 0.2) is 41.6 Å². The first kappa shape index (κ1) is 17.9. The van der Waals surface area contributed by atoms with Crippen LogP contribution in [0.1, 0.15) is 42.4 Å². The van der Waals surface area contributed by atoms with Gasteiger partial charge in [-0.15, -0.1) is 0 Å². The van der Waals surface area contributed by atoms with E-state index in [2.05, 4.69) is 10.1 Å². The monoisotopic (exact) mass is 382 g/mol. The molecule has 1 fully saturated rings. The third-order valence-corrected chi connectivity index (χ3v) is 5.72. The standard InChI is InChI=1S/C21H22N2O3S/c1-25-19-9-8-16(11-20(19)26-17-4-2-3-5-17)23-13-15-7-6-14(12-22-24)10-18(15)21(23)27/h6-11,17H,2-5,12-13H2,1H3. The van der Waals surface area contributed by atoms with Crippen LogP contribution in [-0.4, -0.2) is 18.2 Å². The van der Waals surface area contributed by atoms with Gasteiger partial charge in [-0.3, -0.25) is 0 Å². The van der Waals surface area contributed by atoms with Gasteiger partial charge in [-0.05, 0) is 55.0 Å². The maximum absolute atomic E-state index is 10.6. The fourth-order valence-corrected chi connectivity index (χ4v) is 4.20. The predicted octanol–water partition coefficient (Wildman–Crippen LogP) is 4.98. The summed E-state index contributed by atoms with van der Waals surface area (Å²) in [6, 6.07) is 11.9. The van der Waals surface area contributed by atoms with Gasteiger partial charge in [0.1, 0.15) is 11.5 Å². The Morgan fingerprint density at radius 2 is 1.96 bits per heavy atom. The lowest BCUT2D eigenvalue weighted by molar-refractivity contribution is 0.201. The van der Waals surface area contributed by atoms with E-state index in [-0.39, 0.29) is 12.6 Å². The lowest BCUT2D eigenvalue weighted by Crippen LogP contribution is -2.22. The first-order valence-corrected chi connectivity index (χ1v) is 9.68. The molecule has 0 spiro atoms. The molecule has 2 aromatic rings. The average molecular weight is 382 g/mol. The Hall–Kier alpha value is -2.47. The zero-order valence-electron chi connectivity index (χ0n) is 15.3. The third kappa shape index (κ3) is 3.54. The van der Waals surface area contributed by atoms with Crippen LogP contribution in [0, 0.1) is 4.91 Å². The summed E-state index contributed by atoms with van der Waals surface area (Å²) in [5, 5.41) is 2.98. The Balaban J connectivity index is 1.61. The highest BCUT2D eigenvalue weighted by Crippen LogP contribution is 2.37. The fourth-order valence-electron chi connectivity index (χ4n) is 3.84. The molecule has 0 aromatic heterocycles. The summed E-state index contributed by atoms with van der Waals surface area (Å²) < 4.78 is 11.7. The van der Waals surface area contributed by atoms with Crippen molar-refractivity contribution in [3.8, 4) is 11.5 Å². The van der Waals surface area contributed by atoms with Gasteiger partial charge < -0.3 is 14.4 Å². The second-order valence-electron chi connectivity index (χ2n) is 7.03. The first-order valence-electron chi connectivity index (χ1n) is 9.27. The van der Waals surface area contributed by atoms with E-state index < -0.39 is 0 Å². The van der Waals surface area contributed by atoms with E-state index in [0.717, 1.165) is 51.7 Å². The highest BCUT2D eigenvalue weighted by atomic mass is 32.1. The van der Waals surface area contributed by atoms with Gasteiger partial charge in [-0.25, -0.2) is 0 Å². The van der Waals surface area contributed by atoms with Gasteiger partial charge >= 0.3 is 0 Å². The van der Waals surface area contributed by atoms with Crippen LogP contribution in [0.4, 0.5) is 5.69 Å². The van der Waals surface area contributed by atoms with E-state index in [1.165, 1.54) is 12.8 Å². The van der Waals surface area contributed by atoms with Crippen LogP contribution in [0.25, 0.3) is 0 Å². The summed E-state index contributed by atoms with van der Waals surface area (Å²) in [6.45, 7) is 0.871.